The van der Waals surface area contributed by atoms with Gasteiger partial charge < -0.3 is 5.11 Å². The standard InChI is InChI=1S/C17H18BrClO/c1-17(2,3)12-6-4-11(5-7-12)16(20)14-9-8-13(19)10-15(14)18/h4-10,16,20H,1-3H3. The van der Waals surface area contributed by atoms with Crippen LogP contribution in [0.2, 0.25) is 5.02 Å². The van der Waals surface area contributed by atoms with Gasteiger partial charge in [0.05, 0.1) is 0 Å². The molecule has 0 amide bonds. The Morgan fingerprint density at radius 1 is 1.05 bits per heavy atom. The molecule has 0 aliphatic rings. The van der Waals surface area contributed by atoms with Crippen LogP contribution < -0.4 is 0 Å². The minimum Gasteiger partial charge on any atom is -0.384 e. The van der Waals surface area contributed by atoms with Crippen LogP contribution in [-0.2, 0) is 5.41 Å². The first kappa shape index (κ1) is 15.6. The molecular formula is C17H18BrClO. The lowest BCUT2D eigenvalue weighted by atomic mass is 9.86. The fourth-order valence-electron chi connectivity index (χ4n) is 2.07. The highest BCUT2D eigenvalue weighted by molar-refractivity contribution is 9.10. The predicted molar refractivity (Wildman–Crippen MR) is 88.4 cm³/mol. The van der Waals surface area contributed by atoms with Crippen LogP contribution in [0.4, 0.5) is 0 Å². The Morgan fingerprint density at radius 3 is 2.15 bits per heavy atom. The zero-order valence-corrected chi connectivity index (χ0v) is 14.2. The molecule has 0 aliphatic heterocycles. The van der Waals surface area contributed by atoms with E-state index in [0.717, 1.165) is 15.6 Å². The van der Waals surface area contributed by atoms with Gasteiger partial charge in [0.2, 0.25) is 0 Å². The molecule has 0 heterocycles. The summed E-state index contributed by atoms with van der Waals surface area (Å²) in [7, 11) is 0. The molecule has 0 saturated carbocycles. The third-order valence-electron chi connectivity index (χ3n) is 3.35. The molecule has 0 spiro atoms. The number of hydrogen-bond acceptors (Lipinski definition) is 1. The Morgan fingerprint density at radius 2 is 1.65 bits per heavy atom. The molecule has 106 valence electrons. The summed E-state index contributed by atoms with van der Waals surface area (Å²) >= 11 is 9.37. The van der Waals surface area contributed by atoms with E-state index >= 15 is 0 Å². The van der Waals surface area contributed by atoms with Crippen LogP contribution in [0.1, 0.15) is 43.6 Å². The summed E-state index contributed by atoms with van der Waals surface area (Å²) in [5, 5.41) is 11.1. The summed E-state index contributed by atoms with van der Waals surface area (Å²) < 4.78 is 0.817. The lowest BCUT2D eigenvalue weighted by Gasteiger charge is -2.20. The molecule has 1 atom stereocenters. The van der Waals surface area contributed by atoms with E-state index in [9.17, 15) is 5.11 Å². The van der Waals surface area contributed by atoms with Gasteiger partial charge in [0.15, 0.2) is 0 Å². The average Bonchev–Trinajstić information content (AvgIpc) is 2.37. The summed E-state index contributed by atoms with van der Waals surface area (Å²) in [5.41, 5.74) is 3.06. The maximum Gasteiger partial charge on any atom is 0.105 e. The maximum absolute atomic E-state index is 10.5. The number of aliphatic hydroxyl groups excluding tert-OH is 1. The van der Waals surface area contributed by atoms with E-state index in [2.05, 4.69) is 48.8 Å². The van der Waals surface area contributed by atoms with E-state index in [1.54, 1.807) is 12.1 Å². The van der Waals surface area contributed by atoms with Crippen molar-refractivity contribution in [3.05, 3.63) is 68.7 Å². The van der Waals surface area contributed by atoms with E-state index in [1.165, 1.54) is 5.56 Å². The molecule has 3 heteroatoms. The Kier molecular flexibility index (Phi) is 4.58. The predicted octanol–water partition coefficient (Wildman–Crippen LogP) is 5.48. The van der Waals surface area contributed by atoms with E-state index < -0.39 is 6.10 Å². The molecule has 2 aromatic rings. The average molecular weight is 354 g/mol. The van der Waals surface area contributed by atoms with E-state index in [-0.39, 0.29) is 5.41 Å². The van der Waals surface area contributed by atoms with E-state index in [4.69, 9.17) is 11.6 Å². The molecular weight excluding hydrogens is 336 g/mol. The Bertz CT molecular complexity index is 599. The number of benzene rings is 2. The summed E-state index contributed by atoms with van der Waals surface area (Å²) in [6, 6.07) is 13.5. The minimum atomic E-state index is -0.657. The van der Waals surface area contributed by atoms with Crippen molar-refractivity contribution in [1.29, 1.82) is 0 Å². The lowest BCUT2D eigenvalue weighted by Crippen LogP contribution is -2.11. The smallest absolute Gasteiger partial charge is 0.105 e. The molecule has 0 aromatic heterocycles. The maximum atomic E-state index is 10.5. The van der Waals surface area contributed by atoms with Gasteiger partial charge in [0, 0.05) is 9.50 Å². The fourth-order valence-corrected chi connectivity index (χ4v) is 2.97. The second kappa shape index (κ2) is 5.88. The highest BCUT2D eigenvalue weighted by atomic mass is 79.9. The summed E-state index contributed by atoms with van der Waals surface area (Å²) in [6.07, 6.45) is -0.657. The highest BCUT2D eigenvalue weighted by Gasteiger charge is 2.17. The van der Waals surface area contributed by atoms with Crippen LogP contribution in [0.15, 0.2) is 46.9 Å². The fraction of sp³-hybridized carbons (Fsp3) is 0.294. The second-order valence-electron chi connectivity index (χ2n) is 5.94. The molecule has 2 rings (SSSR count). The van der Waals surface area contributed by atoms with Crippen LogP contribution in [0.5, 0.6) is 0 Å². The topological polar surface area (TPSA) is 20.2 Å². The van der Waals surface area contributed by atoms with Crippen LogP contribution >= 0.6 is 27.5 Å². The number of hydrogen-bond donors (Lipinski definition) is 1. The van der Waals surface area contributed by atoms with Crippen molar-refractivity contribution in [2.75, 3.05) is 0 Å². The van der Waals surface area contributed by atoms with Crippen molar-refractivity contribution in [3.63, 3.8) is 0 Å². The molecule has 20 heavy (non-hydrogen) atoms. The zero-order chi connectivity index (χ0) is 14.9. The van der Waals surface area contributed by atoms with E-state index in [1.807, 2.05) is 18.2 Å². The second-order valence-corrected chi connectivity index (χ2v) is 7.23. The Labute approximate surface area is 133 Å². The Balaban J connectivity index is 2.31. The van der Waals surface area contributed by atoms with Gasteiger partial charge in [0.1, 0.15) is 6.10 Å². The van der Waals surface area contributed by atoms with Gasteiger partial charge >= 0.3 is 0 Å². The van der Waals surface area contributed by atoms with Crippen LogP contribution in [0.25, 0.3) is 0 Å². The third-order valence-corrected chi connectivity index (χ3v) is 4.27. The number of aliphatic hydroxyl groups is 1. The first-order chi connectivity index (χ1) is 9.29. The van der Waals surface area contributed by atoms with Gasteiger partial charge in [-0.15, -0.1) is 0 Å². The number of halogens is 2. The molecule has 0 saturated heterocycles. The summed E-state index contributed by atoms with van der Waals surface area (Å²) in [6.45, 7) is 6.52. The third kappa shape index (κ3) is 3.43. The van der Waals surface area contributed by atoms with Gasteiger partial charge in [-0.2, -0.15) is 0 Å². The summed E-state index contributed by atoms with van der Waals surface area (Å²) in [5.74, 6) is 0. The molecule has 0 radical (unpaired) electrons. The largest absolute Gasteiger partial charge is 0.384 e. The number of rotatable bonds is 2. The van der Waals surface area contributed by atoms with Gasteiger partial charge in [-0.25, -0.2) is 0 Å². The van der Waals surface area contributed by atoms with Crippen molar-refractivity contribution in [3.8, 4) is 0 Å². The normalized spacial score (nSPS) is 13.3. The SMILES string of the molecule is CC(C)(C)c1ccc(C(O)c2ccc(Cl)cc2Br)cc1. The monoisotopic (exact) mass is 352 g/mol. The molecule has 1 N–H and O–H groups in total. The summed E-state index contributed by atoms with van der Waals surface area (Å²) in [4.78, 5) is 0. The molecule has 2 aromatic carbocycles. The van der Waals surface area contributed by atoms with Crippen molar-refractivity contribution < 1.29 is 5.11 Å². The zero-order valence-electron chi connectivity index (χ0n) is 11.8. The molecule has 0 aliphatic carbocycles. The molecule has 1 unspecified atom stereocenters. The van der Waals surface area contributed by atoms with Crippen molar-refractivity contribution in [2.45, 2.75) is 32.3 Å². The molecule has 0 bridgehead atoms. The molecule has 0 fully saturated rings. The van der Waals surface area contributed by atoms with Gasteiger partial charge in [-0.3, -0.25) is 0 Å². The van der Waals surface area contributed by atoms with Crippen LogP contribution in [0, 0.1) is 0 Å². The van der Waals surface area contributed by atoms with Gasteiger partial charge in [-0.1, -0.05) is 78.6 Å². The van der Waals surface area contributed by atoms with Crippen LogP contribution in [-0.4, -0.2) is 5.11 Å². The van der Waals surface area contributed by atoms with Crippen molar-refractivity contribution in [1.82, 2.24) is 0 Å². The van der Waals surface area contributed by atoms with E-state index in [0.29, 0.717) is 5.02 Å². The van der Waals surface area contributed by atoms with Crippen LogP contribution in [0.3, 0.4) is 0 Å². The van der Waals surface area contributed by atoms with Crippen molar-refractivity contribution in [2.24, 2.45) is 0 Å². The minimum absolute atomic E-state index is 0.115. The first-order valence-electron chi connectivity index (χ1n) is 6.52. The lowest BCUT2D eigenvalue weighted by molar-refractivity contribution is 0.219. The Hall–Kier alpha value is -0.830. The van der Waals surface area contributed by atoms with Gasteiger partial charge in [0.25, 0.3) is 0 Å². The highest BCUT2D eigenvalue weighted by Crippen LogP contribution is 2.31. The first-order valence-corrected chi connectivity index (χ1v) is 7.69. The van der Waals surface area contributed by atoms with Gasteiger partial charge in [-0.05, 0) is 34.2 Å². The quantitative estimate of drug-likeness (QED) is 0.757. The van der Waals surface area contributed by atoms with Crippen molar-refractivity contribution >= 4 is 27.5 Å². The molecule has 1 nitrogen and oxygen atoms in total.